The number of para-hydroxylation sites is 1. The highest BCUT2D eigenvalue weighted by molar-refractivity contribution is 8.26. The average Bonchev–Trinajstić information content (AvgIpc) is 2.73. The third-order valence-electron chi connectivity index (χ3n) is 2.72. The standard InChI is InChI=1S/C15H13NO4S2/c1-2-7-20-11-6-4-3-5-10(11)8-12-14(19)16(9-13(17)18)15(21)22-12/h2-6,8H,1,7,9H2,(H,17,18)/p-1/b12-8-. The molecule has 1 amide bonds. The molecule has 7 heteroatoms. The number of benzene rings is 1. The Kier molecular flexibility index (Phi) is 5.35. The van der Waals surface area contributed by atoms with Crippen molar-refractivity contribution in [1.82, 2.24) is 4.90 Å². The molecule has 1 aliphatic heterocycles. The number of carbonyl (C=O) groups is 2. The third kappa shape index (κ3) is 3.75. The van der Waals surface area contributed by atoms with Gasteiger partial charge in [0.1, 0.15) is 16.7 Å². The topological polar surface area (TPSA) is 69.7 Å². The van der Waals surface area contributed by atoms with Crippen LogP contribution in [0.2, 0.25) is 0 Å². The molecule has 1 saturated heterocycles. The fourth-order valence-electron chi connectivity index (χ4n) is 1.79. The number of thiocarbonyl (C=S) groups is 1. The Hall–Kier alpha value is -2.12. The van der Waals surface area contributed by atoms with Crippen molar-refractivity contribution in [3.63, 3.8) is 0 Å². The summed E-state index contributed by atoms with van der Waals surface area (Å²) in [6.45, 7) is 3.38. The molecular weight excluding hydrogens is 322 g/mol. The average molecular weight is 334 g/mol. The largest absolute Gasteiger partial charge is 0.548 e. The zero-order chi connectivity index (χ0) is 16.1. The van der Waals surface area contributed by atoms with Gasteiger partial charge in [0.25, 0.3) is 5.91 Å². The normalized spacial score (nSPS) is 16.2. The molecule has 0 atom stereocenters. The molecule has 0 radical (unpaired) electrons. The third-order valence-corrected chi connectivity index (χ3v) is 4.10. The Morgan fingerprint density at radius 2 is 2.18 bits per heavy atom. The summed E-state index contributed by atoms with van der Waals surface area (Å²) in [4.78, 5) is 24.2. The Bertz CT molecular complexity index is 669. The number of nitrogens with zero attached hydrogens (tertiary/aromatic N) is 1. The predicted octanol–water partition coefficient (Wildman–Crippen LogP) is 1.20. The number of ether oxygens (including phenoxy) is 1. The van der Waals surface area contributed by atoms with Crippen LogP contribution >= 0.6 is 24.0 Å². The van der Waals surface area contributed by atoms with E-state index in [4.69, 9.17) is 17.0 Å². The van der Waals surface area contributed by atoms with Gasteiger partial charge in [0.15, 0.2) is 0 Å². The van der Waals surface area contributed by atoms with Gasteiger partial charge in [-0.25, -0.2) is 0 Å². The molecule has 2 rings (SSSR count). The number of hydrogen-bond acceptors (Lipinski definition) is 6. The molecule has 0 aromatic heterocycles. The minimum atomic E-state index is -1.35. The van der Waals surface area contributed by atoms with Crippen LogP contribution in [0.1, 0.15) is 5.56 Å². The van der Waals surface area contributed by atoms with E-state index in [1.807, 2.05) is 12.1 Å². The summed E-state index contributed by atoms with van der Waals surface area (Å²) in [6.07, 6.45) is 3.25. The summed E-state index contributed by atoms with van der Waals surface area (Å²) >= 11 is 6.08. The van der Waals surface area contributed by atoms with Gasteiger partial charge in [0.2, 0.25) is 0 Å². The first-order valence-electron chi connectivity index (χ1n) is 6.31. The molecule has 0 spiro atoms. The molecule has 0 saturated carbocycles. The van der Waals surface area contributed by atoms with Gasteiger partial charge in [-0.2, -0.15) is 0 Å². The lowest BCUT2D eigenvalue weighted by Crippen LogP contribution is -2.40. The van der Waals surface area contributed by atoms with Crippen LogP contribution < -0.4 is 9.84 Å². The summed E-state index contributed by atoms with van der Waals surface area (Å²) in [7, 11) is 0. The van der Waals surface area contributed by atoms with Crippen molar-refractivity contribution in [3.8, 4) is 5.75 Å². The van der Waals surface area contributed by atoms with E-state index in [2.05, 4.69) is 6.58 Å². The molecule has 22 heavy (non-hydrogen) atoms. The summed E-state index contributed by atoms with van der Waals surface area (Å²) in [5.74, 6) is -1.20. The number of carboxylic acid groups (broad SMARTS) is 1. The van der Waals surface area contributed by atoms with Crippen LogP contribution in [0.3, 0.4) is 0 Å². The Morgan fingerprint density at radius 3 is 2.86 bits per heavy atom. The number of hydrogen-bond donors (Lipinski definition) is 0. The van der Waals surface area contributed by atoms with Gasteiger partial charge in [-0.15, -0.1) is 0 Å². The van der Waals surface area contributed by atoms with Crippen molar-refractivity contribution in [2.24, 2.45) is 0 Å². The molecule has 0 N–H and O–H groups in total. The first kappa shape index (κ1) is 16.3. The lowest BCUT2D eigenvalue weighted by molar-refractivity contribution is -0.305. The van der Waals surface area contributed by atoms with Gasteiger partial charge in [-0.1, -0.05) is 54.8 Å². The maximum Gasteiger partial charge on any atom is 0.266 e. The second-order valence-electron chi connectivity index (χ2n) is 4.28. The van der Waals surface area contributed by atoms with Gasteiger partial charge < -0.3 is 14.6 Å². The molecule has 1 heterocycles. The number of carbonyl (C=O) groups excluding carboxylic acids is 2. The smallest absolute Gasteiger partial charge is 0.266 e. The van der Waals surface area contributed by atoms with Crippen molar-refractivity contribution in [1.29, 1.82) is 0 Å². The summed E-state index contributed by atoms with van der Waals surface area (Å²) in [5.41, 5.74) is 0.707. The van der Waals surface area contributed by atoms with Crippen LogP contribution in [0.4, 0.5) is 0 Å². The van der Waals surface area contributed by atoms with Gasteiger partial charge in [0.05, 0.1) is 17.4 Å². The molecule has 1 fully saturated rings. The quantitative estimate of drug-likeness (QED) is 0.442. The second kappa shape index (κ2) is 7.24. The van der Waals surface area contributed by atoms with Crippen LogP contribution in [-0.2, 0) is 9.59 Å². The first-order chi connectivity index (χ1) is 10.5. The number of thioether (sulfide) groups is 1. The molecule has 1 aromatic carbocycles. The van der Waals surface area contributed by atoms with Crippen LogP contribution in [-0.4, -0.2) is 34.2 Å². The highest BCUT2D eigenvalue weighted by Gasteiger charge is 2.32. The molecule has 0 bridgehead atoms. The minimum absolute atomic E-state index is 0.199. The number of amides is 1. The van der Waals surface area contributed by atoms with Gasteiger partial charge in [-0.05, 0) is 12.1 Å². The zero-order valence-corrected chi connectivity index (χ0v) is 13.1. The highest BCUT2D eigenvalue weighted by Crippen LogP contribution is 2.33. The maximum atomic E-state index is 12.2. The zero-order valence-electron chi connectivity index (χ0n) is 11.5. The van der Waals surface area contributed by atoms with E-state index >= 15 is 0 Å². The van der Waals surface area contributed by atoms with Crippen LogP contribution in [0.25, 0.3) is 6.08 Å². The Labute approximate surface area is 137 Å². The number of aliphatic carboxylic acids is 1. The molecule has 0 unspecified atom stereocenters. The van der Waals surface area contributed by atoms with E-state index in [1.165, 1.54) is 0 Å². The van der Waals surface area contributed by atoms with E-state index in [1.54, 1.807) is 24.3 Å². The monoisotopic (exact) mass is 334 g/mol. The SMILES string of the molecule is C=CCOc1ccccc1/C=C1\SC(=S)N(CC(=O)[O-])C1=O. The fourth-order valence-corrected chi connectivity index (χ4v) is 3.03. The Balaban J connectivity index is 2.27. The molecule has 0 aliphatic carbocycles. The highest BCUT2D eigenvalue weighted by atomic mass is 32.2. The van der Waals surface area contributed by atoms with E-state index < -0.39 is 18.4 Å². The van der Waals surface area contributed by atoms with Crippen molar-refractivity contribution in [2.75, 3.05) is 13.2 Å². The lowest BCUT2D eigenvalue weighted by atomic mass is 10.2. The van der Waals surface area contributed by atoms with Crippen LogP contribution in [0.15, 0.2) is 41.8 Å². The van der Waals surface area contributed by atoms with Crippen molar-refractivity contribution >= 4 is 46.3 Å². The van der Waals surface area contributed by atoms with E-state index in [0.29, 0.717) is 22.8 Å². The predicted molar refractivity (Wildman–Crippen MR) is 87.0 cm³/mol. The van der Waals surface area contributed by atoms with E-state index in [9.17, 15) is 14.7 Å². The minimum Gasteiger partial charge on any atom is -0.548 e. The number of carboxylic acids is 1. The van der Waals surface area contributed by atoms with Gasteiger partial charge in [0, 0.05) is 5.56 Å². The fraction of sp³-hybridized carbons (Fsp3) is 0.133. The Morgan fingerprint density at radius 1 is 1.45 bits per heavy atom. The molecule has 1 aromatic rings. The molecule has 114 valence electrons. The van der Waals surface area contributed by atoms with Gasteiger partial charge in [-0.3, -0.25) is 9.69 Å². The van der Waals surface area contributed by atoms with Crippen molar-refractivity contribution in [2.45, 2.75) is 0 Å². The number of rotatable bonds is 6. The van der Waals surface area contributed by atoms with E-state index in [-0.39, 0.29) is 4.32 Å². The second-order valence-corrected chi connectivity index (χ2v) is 5.95. The van der Waals surface area contributed by atoms with Gasteiger partial charge >= 0.3 is 0 Å². The summed E-state index contributed by atoms with van der Waals surface area (Å²) in [6, 6.07) is 7.20. The van der Waals surface area contributed by atoms with Crippen LogP contribution in [0, 0.1) is 0 Å². The summed E-state index contributed by atoms with van der Waals surface area (Å²) < 4.78 is 5.72. The lowest BCUT2D eigenvalue weighted by Gasteiger charge is -2.14. The maximum absolute atomic E-state index is 12.2. The van der Waals surface area contributed by atoms with Crippen molar-refractivity contribution < 1.29 is 19.4 Å². The van der Waals surface area contributed by atoms with Crippen LogP contribution in [0.5, 0.6) is 5.75 Å². The molecular formula is C15H12NO4S2-. The molecule has 5 nitrogen and oxygen atoms in total. The van der Waals surface area contributed by atoms with E-state index in [0.717, 1.165) is 16.7 Å². The summed E-state index contributed by atoms with van der Waals surface area (Å²) in [5, 5.41) is 10.7. The first-order valence-corrected chi connectivity index (χ1v) is 7.53. The molecule has 1 aliphatic rings. The van der Waals surface area contributed by atoms with Crippen molar-refractivity contribution in [3.05, 3.63) is 47.4 Å².